The van der Waals surface area contributed by atoms with Crippen molar-refractivity contribution in [2.45, 2.75) is 30.8 Å². The van der Waals surface area contributed by atoms with Crippen LogP contribution in [0.3, 0.4) is 0 Å². The van der Waals surface area contributed by atoms with Gasteiger partial charge in [-0.1, -0.05) is 0 Å². The summed E-state index contributed by atoms with van der Waals surface area (Å²) < 4.78 is 27.0. The molecule has 0 radical (unpaired) electrons. The van der Waals surface area contributed by atoms with Crippen molar-refractivity contribution in [2.75, 3.05) is 6.54 Å². The lowest BCUT2D eigenvalue weighted by atomic mass is 9.98. The molecule has 2 heterocycles. The van der Waals surface area contributed by atoms with Crippen molar-refractivity contribution in [1.29, 1.82) is 0 Å². The summed E-state index contributed by atoms with van der Waals surface area (Å²) in [6, 6.07) is 3.62. The maximum absolute atomic E-state index is 13.1. The summed E-state index contributed by atoms with van der Waals surface area (Å²) >= 11 is 5.19. The summed E-state index contributed by atoms with van der Waals surface area (Å²) in [5.41, 5.74) is -0.0960. The summed E-state index contributed by atoms with van der Waals surface area (Å²) in [5, 5.41) is 9.78. The van der Waals surface area contributed by atoms with Crippen molar-refractivity contribution < 1.29 is 32.5 Å². The Morgan fingerprint density at radius 3 is 2.50 bits per heavy atom. The number of hydrogen-bond acceptors (Lipinski definition) is 9. The lowest BCUT2D eigenvalue weighted by molar-refractivity contribution is -0.538. The highest BCUT2D eigenvalue weighted by atomic mass is 35.5. The molecule has 1 aliphatic carbocycles. The summed E-state index contributed by atoms with van der Waals surface area (Å²) in [7, 11) is -4.30. The fraction of sp³-hybridized carbons (Fsp3) is 0.316. The fourth-order valence-corrected chi connectivity index (χ4v) is 5.95. The monoisotopic (exact) mass is 479 g/mol. The van der Waals surface area contributed by atoms with Gasteiger partial charge in [0.05, 0.1) is 16.0 Å². The SMILES string of the molecule is Cc1nc2ccc(S(=O)(=O)N3CCCC3[N+](=O)[O-])cc2c2c1C(=O)C(C(=O)C(=O)Cl)C2=O. The molecule has 1 aliphatic heterocycles. The maximum Gasteiger partial charge on any atom is 0.289 e. The lowest BCUT2D eigenvalue weighted by Gasteiger charge is -2.18. The van der Waals surface area contributed by atoms with E-state index in [1.807, 2.05) is 0 Å². The molecule has 1 aromatic carbocycles. The number of sulfonamides is 1. The highest BCUT2D eigenvalue weighted by Gasteiger charge is 2.48. The quantitative estimate of drug-likeness (QED) is 0.202. The lowest BCUT2D eigenvalue weighted by Crippen LogP contribution is -2.40. The standard InChI is InChI=1S/C19H14ClN3O8S/c1-8-13-14(17(25)15(16(13)24)18(26)19(20)27)10-7-9(4-5-11(10)21-8)32(30,31)22-6-2-3-12(22)23(28)29/h4-5,7,12,15H,2-3,6H2,1H3. The van der Waals surface area contributed by atoms with E-state index in [0.717, 1.165) is 10.4 Å². The first kappa shape index (κ1) is 22.1. The van der Waals surface area contributed by atoms with Gasteiger partial charge in [0.2, 0.25) is 15.8 Å². The molecule has 1 aromatic heterocycles. The number of benzene rings is 1. The number of pyridine rings is 1. The second-order valence-corrected chi connectivity index (χ2v) is 9.68. The van der Waals surface area contributed by atoms with Crippen LogP contribution in [0.2, 0.25) is 0 Å². The molecule has 1 saturated heterocycles. The summed E-state index contributed by atoms with van der Waals surface area (Å²) in [6.07, 6.45) is -1.02. The summed E-state index contributed by atoms with van der Waals surface area (Å²) in [4.78, 5) is 63.5. The van der Waals surface area contributed by atoms with E-state index in [4.69, 9.17) is 11.6 Å². The highest BCUT2D eigenvalue weighted by molar-refractivity contribution is 7.89. The van der Waals surface area contributed by atoms with E-state index >= 15 is 0 Å². The molecule has 2 unspecified atom stereocenters. The van der Waals surface area contributed by atoms with Crippen LogP contribution in [-0.4, -0.2) is 57.9 Å². The van der Waals surface area contributed by atoms with Crippen LogP contribution in [0, 0.1) is 23.0 Å². The number of carbonyl (C=O) groups excluding carboxylic acids is 4. The zero-order chi connectivity index (χ0) is 23.5. The molecule has 0 saturated carbocycles. The number of nitrogens with zero attached hydrogens (tertiary/aromatic N) is 3. The van der Waals surface area contributed by atoms with Crippen LogP contribution in [0.5, 0.6) is 0 Å². The molecule has 1 fully saturated rings. The Bertz CT molecular complexity index is 1370. The smallest absolute Gasteiger partial charge is 0.289 e. The van der Waals surface area contributed by atoms with Crippen molar-refractivity contribution >= 4 is 55.1 Å². The van der Waals surface area contributed by atoms with Gasteiger partial charge in [-0.05, 0) is 43.1 Å². The van der Waals surface area contributed by atoms with Gasteiger partial charge < -0.3 is 0 Å². The Hall–Kier alpha value is -3.09. The summed E-state index contributed by atoms with van der Waals surface area (Å²) in [5.74, 6) is -5.23. The molecule has 2 aliphatic rings. The Labute approximate surface area is 185 Å². The van der Waals surface area contributed by atoms with Gasteiger partial charge in [-0.15, -0.1) is 4.31 Å². The predicted molar refractivity (Wildman–Crippen MR) is 108 cm³/mol. The molecule has 166 valence electrons. The predicted octanol–water partition coefficient (Wildman–Crippen LogP) is 1.26. The van der Waals surface area contributed by atoms with Crippen LogP contribution >= 0.6 is 11.6 Å². The normalized spacial score (nSPS) is 21.2. The third-order valence-electron chi connectivity index (χ3n) is 5.63. The Morgan fingerprint density at radius 1 is 1.22 bits per heavy atom. The number of fused-ring (bicyclic) bond motifs is 3. The largest absolute Gasteiger partial charge is 0.293 e. The highest BCUT2D eigenvalue weighted by Crippen LogP contribution is 2.36. The Morgan fingerprint density at radius 2 is 1.88 bits per heavy atom. The number of ketones is 3. The van der Waals surface area contributed by atoms with Gasteiger partial charge in [-0.2, -0.15) is 0 Å². The number of rotatable bonds is 5. The van der Waals surface area contributed by atoms with Gasteiger partial charge in [-0.25, -0.2) is 8.42 Å². The number of halogens is 1. The molecular weight excluding hydrogens is 466 g/mol. The van der Waals surface area contributed by atoms with Crippen molar-refractivity contribution in [3.8, 4) is 0 Å². The molecule has 2 aromatic rings. The number of hydrogen-bond donors (Lipinski definition) is 0. The first-order valence-electron chi connectivity index (χ1n) is 9.38. The molecule has 0 N–H and O–H groups in total. The third kappa shape index (κ3) is 3.14. The van der Waals surface area contributed by atoms with Crippen molar-refractivity contribution in [2.24, 2.45) is 5.92 Å². The fourth-order valence-electron chi connectivity index (χ4n) is 4.19. The van der Waals surface area contributed by atoms with Gasteiger partial charge in [0.15, 0.2) is 17.5 Å². The van der Waals surface area contributed by atoms with Crippen LogP contribution in [0.1, 0.15) is 39.3 Å². The molecule has 0 amide bonds. The van der Waals surface area contributed by atoms with E-state index in [1.54, 1.807) is 0 Å². The molecular formula is C19H14ClN3O8S. The molecule has 4 rings (SSSR count). The molecule has 0 spiro atoms. The van der Waals surface area contributed by atoms with Crippen LogP contribution < -0.4 is 0 Å². The minimum atomic E-state index is -4.30. The minimum absolute atomic E-state index is 0.0146. The van der Waals surface area contributed by atoms with E-state index in [1.165, 1.54) is 19.1 Å². The number of aryl methyl sites for hydroxylation is 1. The van der Waals surface area contributed by atoms with Gasteiger partial charge in [-0.3, -0.25) is 34.3 Å². The molecule has 11 nitrogen and oxygen atoms in total. The molecule has 32 heavy (non-hydrogen) atoms. The first-order valence-corrected chi connectivity index (χ1v) is 11.2. The van der Waals surface area contributed by atoms with E-state index in [0.29, 0.717) is 6.42 Å². The van der Waals surface area contributed by atoms with E-state index in [-0.39, 0.29) is 45.6 Å². The first-order chi connectivity index (χ1) is 15.0. The van der Waals surface area contributed by atoms with Crippen molar-refractivity contribution in [1.82, 2.24) is 9.29 Å². The van der Waals surface area contributed by atoms with Crippen LogP contribution in [-0.2, 0) is 19.6 Å². The third-order valence-corrected chi connectivity index (χ3v) is 7.71. The van der Waals surface area contributed by atoms with Crippen molar-refractivity contribution in [3.05, 3.63) is 45.1 Å². The minimum Gasteiger partial charge on any atom is -0.293 e. The van der Waals surface area contributed by atoms with Crippen molar-refractivity contribution in [3.63, 3.8) is 0 Å². The second kappa shape index (κ2) is 7.50. The Kier molecular flexibility index (Phi) is 5.18. The number of aromatic nitrogens is 1. The van der Waals surface area contributed by atoms with E-state index in [9.17, 15) is 37.7 Å². The van der Waals surface area contributed by atoms with E-state index in [2.05, 4.69) is 4.98 Å². The number of Topliss-reactive ketones (excluding diaryl/α,β-unsaturated/α-hetero) is 3. The van der Waals surface area contributed by atoms with Gasteiger partial charge in [0.25, 0.3) is 11.4 Å². The van der Waals surface area contributed by atoms with Gasteiger partial charge in [0, 0.05) is 34.5 Å². The number of carbonyl (C=O) groups is 4. The average Bonchev–Trinajstić information content (AvgIpc) is 3.32. The Balaban J connectivity index is 1.91. The van der Waals surface area contributed by atoms with Gasteiger partial charge >= 0.3 is 0 Å². The van der Waals surface area contributed by atoms with Crippen LogP contribution in [0.4, 0.5) is 0 Å². The van der Waals surface area contributed by atoms with Crippen LogP contribution in [0.15, 0.2) is 23.1 Å². The van der Waals surface area contributed by atoms with Crippen LogP contribution in [0.25, 0.3) is 10.9 Å². The molecule has 0 bridgehead atoms. The maximum atomic E-state index is 13.1. The zero-order valence-electron chi connectivity index (χ0n) is 16.4. The van der Waals surface area contributed by atoms with Gasteiger partial charge in [0.1, 0.15) is 0 Å². The number of nitro groups is 1. The molecule has 2 atom stereocenters. The zero-order valence-corrected chi connectivity index (χ0v) is 18.0. The van der Waals surface area contributed by atoms with E-state index < -0.39 is 49.6 Å². The topological polar surface area (TPSA) is 162 Å². The molecule has 13 heteroatoms. The average molecular weight is 480 g/mol. The summed E-state index contributed by atoms with van der Waals surface area (Å²) in [6.45, 7) is 1.40. The second-order valence-electron chi connectivity index (χ2n) is 7.45.